The molecule has 0 aliphatic heterocycles. The second kappa shape index (κ2) is 9.96. The summed E-state index contributed by atoms with van der Waals surface area (Å²) in [6.07, 6.45) is 0. The molecular formula is C21H29FN3O3S+. The number of benzene rings is 2. The molecule has 8 heteroatoms. The average Bonchev–Trinajstić information content (AvgIpc) is 2.67. The molecule has 0 saturated heterocycles. The summed E-state index contributed by atoms with van der Waals surface area (Å²) >= 11 is 0. The molecule has 0 heterocycles. The van der Waals surface area contributed by atoms with Gasteiger partial charge in [-0.25, -0.2) is 12.8 Å². The first-order valence-corrected chi connectivity index (χ1v) is 11.1. The summed E-state index contributed by atoms with van der Waals surface area (Å²) in [7, 11) is 0.362. The van der Waals surface area contributed by atoms with Crippen LogP contribution in [0.2, 0.25) is 0 Å². The molecule has 2 aromatic rings. The molecule has 0 bridgehead atoms. The van der Waals surface area contributed by atoms with Crippen molar-refractivity contribution in [3.63, 3.8) is 0 Å². The largest absolute Gasteiger partial charge is 0.348 e. The van der Waals surface area contributed by atoms with Gasteiger partial charge in [0.05, 0.1) is 24.6 Å². The lowest BCUT2D eigenvalue weighted by Crippen LogP contribution is -3.04. The summed E-state index contributed by atoms with van der Waals surface area (Å²) < 4.78 is 40.7. The van der Waals surface area contributed by atoms with E-state index in [0.717, 1.165) is 24.2 Å². The topological polar surface area (TPSA) is 70.9 Å². The number of carbonyl (C=O) groups is 1. The molecule has 2 N–H and O–H groups in total. The van der Waals surface area contributed by atoms with E-state index in [0.29, 0.717) is 13.1 Å². The summed E-state index contributed by atoms with van der Waals surface area (Å²) in [5, 5.41) is 2.66. The number of nitrogens with zero attached hydrogens (tertiary/aromatic N) is 1. The maximum Gasteiger partial charge on any atom is 0.254 e. The second-order valence-corrected chi connectivity index (χ2v) is 9.05. The molecule has 29 heavy (non-hydrogen) atoms. The maximum absolute atomic E-state index is 14.2. The third-order valence-corrected chi connectivity index (χ3v) is 6.61. The SMILES string of the molecule is CCN(CC)S(=O)(=O)c1ccc(F)c(C(=O)NCc2ccc(C[NH+](C)C)cc2)c1. The van der Waals surface area contributed by atoms with Crippen molar-refractivity contribution in [1.29, 1.82) is 0 Å². The second-order valence-electron chi connectivity index (χ2n) is 7.11. The van der Waals surface area contributed by atoms with Crippen molar-refractivity contribution in [3.8, 4) is 0 Å². The standard InChI is InChI=1S/C21H28FN3O3S/c1-5-25(6-2)29(27,28)18-11-12-20(22)19(13-18)21(26)23-14-16-7-9-17(10-8-16)15-24(3)4/h7-13H,5-6,14-15H2,1-4H3,(H,23,26)/p+1. The van der Waals surface area contributed by atoms with Crippen LogP contribution < -0.4 is 10.2 Å². The Labute approximate surface area is 172 Å². The molecule has 0 saturated carbocycles. The molecule has 0 atom stereocenters. The van der Waals surface area contributed by atoms with Crippen LogP contribution in [0.15, 0.2) is 47.4 Å². The molecular weight excluding hydrogens is 393 g/mol. The summed E-state index contributed by atoms with van der Waals surface area (Å²) in [6, 6.07) is 11.1. The first-order chi connectivity index (χ1) is 13.7. The van der Waals surface area contributed by atoms with Crippen molar-refractivity contribution in [3.05, 3.63) is 65.0 Å². The lowest BCUT2D eigenvalue weighted by molar-refractivity contribution is -0.872. The van der Waals surface area contributed by atoms with Gasteiger partial charge in [0.15, 0.2) is 0 Å². The van der Waals surface area contributed by atoms with Gasteiger partial charge in [0.25, 0.3) is 5.91 Å². The highest BCUT2D eigenvalue weighted by Crippen LogP contribution is 2.19. The summed E-state index contributed by atoms with van der Waals surface area (Å²) in [6.45, 7) is 5.16. The van der Waals surface area contributed by atoms with Crippen LogP contribution in [0.3, 0.4) is 0 Å². The van der Waals surface area contributed by atoms with E-state index in [1.54, 1.807) is 13.8 Å². The number of nitrogens with one attached hydrogen (secondary N) is 2. The molecule has 2 aromatic carbocycles. The molecule has 0 radical (unpaired) electrons. The van der Waals surface area contributed by atoms with Crippen LogP contribution in [0.4, 0.5) is 4.39 Å². The van der Waals surface area contributed by atoms with Gasteiger partial charge in [-0.1, -0.05) is 38.1 Å². The molecule has 158 valence electrons. The number of rotatable bonds is 9. The summed E-state index contributed by atoms with van der Waals surface area (Å²) in [4.78, 5) is 13.7. The lowest BCUT2D eigenvalue weighted by Gasteiger charge is -2.19. The monoisotopic (exact) mass is 422 g/mol. The molecule has 0 aliphatic rings. The van der Waals surface area contributed by atoms with Crippen molar-refractivity contribution in [2.24, 2.45) is 0 Å². The Hall–Kier alpha value is -2.29. The van der Waals surface area contributed by atoms with Crippen LogP contribution in [0, 0.1) is 5.82 Å². The minimum absolute atomic E-state index is 0.0942. The van der Waals surface area contributed by atoms with Gasteiger partial charge in [0, 0.05) is 25.2 Å². The predicted octanol–water partition coefficient (Wildman–Crippen LogP) is 1.43. The Balaban J connectivity index is 2.15. The number of hydrogen-bond acceptors (Lipinski definition) is 3. The van der Waals surface area contributed by atoms with Gasteiger partial charge < -0.3 is 10.2 Å². The Kier molecular flexibility index (Phi) is 7.89. The molecule has 0 fully saturated rings. The molecule has 0 spiro atoms. The predicted molar refractivity (Wildman–Crippen MR) is 111 cm³/mol. The van der Waals surface area contributed by atoms with Gasteiger partial charge in [0.2, 0.25) is 10.0 Å². The fraction of sp³-hybridized carbons (Fsp3) is 0.381. The minimum atomic E-state index is -3.77. The van der Waals surface area contributed by atoms with E-state index >= 15 is 0 Å². The number of halogens is 1. The first kappa shape index (κ1) is 23.0. The van der Waals surface area contributed by atoms with E-state index in [1.807, 2.05) is 24.3 Å². The van der Waals surface area contributed by atoms with Crippen molar-refractivity contribution < 1.29 is 22.5 Å². The van der Waals surface area contributed by atoms with E-state index < -0.39 is 21.7 Å². The maximum atomic E-state index is 14.2. The number of sulfonamides is 1. The van der Waals surface area contributed by atoms with Gasteiger partial charge in [-0.3, -0.25) is 4.79 Å². The Morgan fingerprint density at radius 2 is 1.62 bits per heavy atom. The van der Waals surface area contributed by atoms with E-state index in [-0.39, 0.29) is 17.0 Å². The number of amides is 1. The summed E-state index contributed by atoms with van der Waals surface area (Å²) in [5.41, 5.74) is 1.77. The molecule has 0 unspecified atom stereocenters. The zero-order valence-electron chi connectivity index (χ0n) is 17.3. The van der Waals surface area contributed by atoms with Crippen molar-refractivity contribution >= 4 is 15.9 Å². The van der Waals surface area contributed by atoms with Crippen molar-refractivity contribution in [2.75, 3.05) is 27.2 Å². The minimum Gasteiger partial charge on any atom is -0.348 e. The van der Waals surface area contributed by atoms with Crippen LogP contribution in [-0.4, -0.2) is 45.8 Å². The van der Waals surface area contributed by atoms with Gasteiger partial charge in [-0.15, -0.1) is 0 Å². The van der Waals surface area contributed by atoms with Gasteiger partial charge in [0.1, 0.15) is 12.4 Å². The quantitative estimate of drug-likeness (QED) is 0.642. The van der Waals surface area contributed by atoms with Gasteiger partial charge in [-0.05, 0) is 23.8 Å². The van der Waals surface area contributed by atoms with E-state index in [2.05, 4.69) is 19.4 Å². The Morgan fingerprint density at radius 1 is 1.03 bits per heavy atom. The van der Waals surface area contributed by atoms with E-state index in [1.165, 1.54) is 20.8 Å². The van der Waals surface area contributed by atoms with Crippen LogP contribution >= 0.6 is 0 Å². The van der Waals surface area contributed by atoms with E-state index in [4.69, 9.17) is 0 Å². The van der Waals surface area contributed by atoms with Crippen molar-refractivity contribution in [1.82, 2.24) is 9.62 Å². The fourth-order valence-electron chi connectivity index (χ4n) is 3.01. The van der Waals surface area contributed by atoms with Crippen LogP contribution in [-0.2, 0) is 23.1 Å². The highest BCUT2D eigenvalue weighted by Gasteiger charge is 2.24. The third kappa shape index (κ3) is 5.85. The third-order valence-electron chi connectivity index (χ3n) is 4.56. The van der Waals surface area contributed by atoms with Gasteiger partial charge >= 0.3 is 0 Å². The zero-order chi connectivity index (χ0) is 21.6. The van der Waals surface area contributed by atoms with Crippen LogP contribution in [0.5, 0.6) is 0 Å². The highest BCUT2D eigenvalue weighted by atomic mass is 32.2. The van der Waals surface area contributed by atoms with E-state index in [9.17, 15) is 17.6 Å². The Morgan fingerprint density at radius 3 is 2.17 bits per heavy atom. The van der Waals surface area contributed by atoms with Gasteiger partial charge in [-0.2, -0.15) is 4.31 Å². The average molecular weight is 423 g/mol. The van der Waals surface area contributed by atoms with Crippen LogP contribution in [0.25, 0.3) is 0 Å². The fourth-order valence-corrected chi connectivity index (χ4v) is 4.50. The number of hydrogen-bond donors (Lipinski definition) is 2. The molecule has 6 nitrogen and oxygen atoms in total. The molecule has 0 aliphatic carbocycles. The molecule has 1 amide bonds. The smallest absolute Gasteiger partial charge is 0.254 e. The molecule has 0 aromatic heterocycles. The van der Waals surface area contributed by atoms with Crippen LogP contribution in [0.1, 0.15) is 35.3 Å². The van der Waals surface area contributed by atoms with Crippen molar-refractivity contribution in [2.45, 2.75) is 31.8 Å². The first-order valence-electron chi connectivity index (χ1n) is 9.63. The number of carbonyl (C=O) groups excluding carboxylic acids is 1. The zero-order valence-corrected chi connectivity index (χ0v) is 18.1. The molecule has 2 rings (SSSR count). The lowest BCUT2D eigenvalue weighted by atomic mass is 10.1. The normalized spacial score (nSPS) is 11.8. The highest BCUT2D eigenvalue weighted by molar-refractivity contribution is 7.89. The summed E-state index contributed by atoms with van der Waals surface area (Å²) in [5.74, 6) is -1.41. The Bertz CT molecular complexity index is 940. The number of quaternary nitrogens is 1.